The van der Waals surface area contributed by atoms with Crippen molar-refractivity contribution in [3.8, 4) is 5.69 Å². The standard InChI is InChI=1S/C30H26F3N3O4S.C2HF3O2/c1-21-8-13-27(29(38)36(21)25-7-4-6-24(19-25)30(31,32)33)28(37)35-20-23-9-11-26(12-10-23)41(39,40)18-3-2-5-22-14-16-34-17-15-22;3-2(4,5)1(6)7/h2-4,6-17,19H,5,18,20H2,1H3,(H,35,37);(H,6,7). The van der Waals surface area contributed by atoms with Crippen LogP contribution < -0.4 is 10.9 Å². The zero-order valence-corrected chi connectivity index (χ0v) is 25.7. The molecule has 0 saturated heterocycles. The summed E-state index contributed by atoms with van der Waals surface area (Å²) in [6.45, 7) is 1.55. The number of pyridine rings is 2. The number of carbonyl (C=O) groups is 2. The Bertz CT molecular complexity index is 1940. The van der Waals surface area contributed by atoms with Crippen molar-refractivity contribution in [3.05, 3.63) is 136 Å². The van der Waals surface area contributed by atoms with E-state index >= 15 is 0 Å². The van der Waals surface area contributed by atoms with Crippen molar-refractivity contribution in [1.29, 1.82) is 0 Å². The Morgan fingerprint density at radius 2 is 1.52 bits per heavy atom. The highest BCUT2D eigenvalue weighted by molar-refractivity contribution is 7.91. The molecule has 254 valence electrons. The normalized spacial score (nSPS) is 11.9. The summed E-state index contributed by atoms with van der Waals surface area (Å²) in [6, 6.07) is 16.8. The number of amides is 1. The van der Waals surface area contributed by atoms with Crippen molar-refractivity contribution in [2.75, 3.05) is 5.75 Å². The van der Waals surface area contributed by atoms with Crippen molar-refractivity contribution in [3.63, 3.8) is 0 Å². The molecule has 1 amide bonds. The fourth-order valence-electron chi connectivity index (χ4n) is 4.07. The van der Waals surface area contributed by atoms with Crippen LogP contribution in [0.2, 0.25) is 0 Å². The molecule has 0 unspecified atom stereocenters. The third-order valence-corrected chi connectivity index (χ3v) is 8.14. The number of allylic oxidation sites excluding steroid dienone is 1. The lowest BCUT2D eigenvalue weighted by Crippen LogP contribution is -2.33. The van der Waals surface area contributed by atoms with Crippen LogP contribution in [-0.2, 0) is 33.8 Å². The number of hydrogen-bond acceptors (Lipinski definition) is 6. The van der Waals surface area contributed by atoms with E-state index in [-0.39, 0.29) is 28.4 Å². The molecule has 0 bridgehead atoms. The van der Waals surface area contributed by atoms with Gasteiger partial charge in [0, 0.05) is 30.3 Å². The van der Waals surface area contributed by atoms with Crippen LogP contribution in [0.4, 0.5) is 26.3 Å². The fourth-order valence-corrected chi connectivity index (χ4v) is 5.20. The minimum absolute atomic E-state index is 0.00186. The van der Waals surface area contributed by atoms with E-state index in [0.29, 0.717) is 17.7 Å². The molecule has 2 aromatic carbocycles. The van der Waals surface area contributed by atoms with Gasteiger partial charge in [-0.2, -0.15) is 26.3 Å². The maximum atomic E-state index is 13.2. The van der Waals surface area contributed by atoms with E-state index in [2.05, 4.69) is 10.3 Å². The monoisotopic (exact) mass is 695 g/mol. The predicted octanol–water partition coefficient (Wildman–Crippen LogP) is 5.70. The van der Waals surface area contributed by atoms with Gasteiger partial charge in [-0.25, -0.2) is 13.2 Å². The Balaban J connectivity index is 0.000000804. The van der Waals surface area contributed by atoms with E-state index in [1.54, 1.807) is 43.6 Å². The number of sulfone groups is 1. The number of aromatic nitrogens is 2. The van der Waals surface area contributed by atoms with Crippen LogP contribution in [0.5, 0.6) is 0 Å². The second-order valence-electron chi connectivity index (χ2n) is 10.0. The molecule has 0 fully saturated rings. The Kier molecular flexibility index (Phi) is 12.1. The Morgan fingerprint density at radius 1 is 0.896 bits per heavy atom. The van der Waals surface area contributed by atoms with Gasteiger partial charge < -0.3 is 10.4 Å². The number of nitrogens with one attached hydrogen (secondary N) is 1. The van der Waals surface area contributed by atoms with Crippen molar-refractivity contribution in [1.82, 2.24) is 14.9 Å². The molecule has 0 saturated carbocycles. The molecule has 0 spiro atoms. The number of rotatable bonds is 9. The molecule has 0 radical (unpaired) electrons. The topological polar surface area (TPSA) is 135 Å². The molecule has 9 nitrogen and oxygen atoms in total. The van der Waals surface area contributed by atoms with E-state index < -0.39 is 45.2 Å². The maximum Gasteiger partial charge on any atom is 0.490 e. The minimum Gasteiger partial charge on any atom is -0.475 e. The molecule has 48 heavy (non-hydrogen) atoms. The summed E-state index contributed by atoms with van der Waals surface area (Å²) in [7, 11) is -3.56. The van der Waals surface area contributed by atoms with Crippen LogP contribution in [0.1, 0.15) is 32.7 Å². The minimum atomic E-state index is -5.08. The molecule has 2 N–H and O–H groups in total. The first-order valence-corrected chi connectivity index (χ1v) is 15.4. The maximum absolute atomic E-state index is 13.2. The number of aliphatic carboxylic acids is 1. The third-order valence-electron chi connectivity index (χ3n) is 6.52. The van der Waals surface area contributed by atoms with Gasteiger partial charge in [-0.3, -0.25) is 19.1 Å². The number of carboxylic acids is 1. The van der Waals surface area contributed by atoms with E-state index in [0.717, 1.165) is 22.3 Å². The summed E-state index contributed by atoms with van der Waals surface area (Å²) in [6.07, 6.45) is -2.37. The molecular weight excluding hydrogens is 668 g/mol. The van der Waals surface area contributed by atoms with Crippen molar-refractivity contribution < 1.29 is 49.5 Å². The molecule has 4 aromatic rings. The summed E-state index contributed by atoms with van der Waals surface area (Å²) in [5.41, 5.74) is 0.0283. The molecule has 2 aromatic heterocycles. The smallest absolute Gasteiger partial charge is 0.475 e. The van der Waals surface area contributed by atoms with Crippen LogP contribution >= 0.6 is 0 Å². The average Bonchev–Trinajstić information content (AvgIpc) is 3.02. The zero-order chi connectivity index (χ0) is 35.7. The number of benzene rings is 2. The first-order valence-electron chi connectivity index (χ1n) is 13.7. The van der Waals surface area contributed by atoms with Crippen LogP contribution in [0.25, 0.3) is 5.69 Å². The van der Waals surface area contributed by atoms with Gasteiger partial charge in [0.25, 0.3) is 11.5 Å². The molecule has 0 aliphatic rings. The molecule has 0 aliphatic carbocycles. The Morgan fingerprint density at radius 3 is 2.10 bits per heavy atom. The van der Waals surface area contributed by atoms with E-state index in [1.807, 2.05) is 12.1 Å². The van der Waals surface area contributed by atoms with Crippen molar-refractivity contribution in [2.24, 2.45) is 0 Å². The molecule has 4 rings (SSSR count). The van der Waals surface area contributed by atoms with Crippen LogP contribution in [0.15, 0.2) is 107 Å². The van der Waals surface area contributed by atoms with Gasteiger partial charge in [0.1, 0.15) is 5.56 Å². The summed E-state index contributed by atoms with van der Waals surface area (Å²) in [5.74, 6) is -3.64. The largest absolute Gasteiger partial charge is 0.490 e. The van der Waals surface area contributed by atoms with E-state index in [9.17, 15) is 44.3 Å². The highest BCUT2D eigenvalue weighted by atomic mass is 32.2. The van der Waals surface area contributed by atoms with Crippen LogP contribution in [-0.4, -0.2) is 46.9 Å². The van der Waals surface area contributed by atoms with Gasteiger partial charge in [-0.05, 0) is 79.1 Å². The number of alkyl halides is 6. The summed E-state index contributed by atoms with van der Waals surface area (Å²) >= 11 is 0. The average molecular weight is 696 g/mol. The van der Waals surface area contributed by atoms with Gasteiger partial charge in [0.2, 0.25) is 0 Å². The summed E-state index contributed by atoms with van der Waals surface area (Å²) in [5, 5.41) is 9.73. The van der Waals surface area contributed by atoms with Gasteiger partial charge in [0.05, 0.1) is 16.2 Å². The zero-order valence-electron chi connectivity index (χ0n) is 24.9. The Hall–Kier alpha value is -5.25. The first-order chi connectivity index (χ1) is 22.4. The highest BCUT2D eigenvalue weighted by Crippen LogP contribution is 2.30. The molecule has 16 heteroatoms. The SMILES string of the molecule is Cc1ccc(C(=O)NCc2ccc(S(=O)(=O)CC=CCc3ccncc3)cc2)c(=O)n1-c1cccc(C(F)(F)F)c1.O=C(O)C(F)(F)F. The number of nitrogens with zero attached hydrogens (tertiary/aromatic N) is 2. The molecule has 2 heterocycles. The number of aryl methyl sites for hydroxylation is 1. The number of halogens is 6. The van der Waals surface area contributed by atoms with Crippen LogP contribution in [0.3, 0.4) is 0 Å². The van der Waals surface area contributed by atoms with Crippen molar-refractivity contribution >= 4 is 21.7 Å². The van der Waals surface area contributed by atoms with E-state index in [1.165, 1.54) is 36.4 Å². The lowest BCUT2D eigenvalue weighted by Gasteiger charge is -2.14. The fraction of sp³-hybridized carbons (Fsp3) is 0.188. The number of hydrogen-bond donors (Lipinski definition) is 2. The predicted molar refractivity (Wildman–Crippen MR) is 162 cm³/mol. The summed E-state index contributed by atoms with van der Waals surface area (Å²) in [4.78, 5) is 38.9. The lowest BCUT2D eigenvalue weighted by molar-refractivity contribution is -0.192. The Labute approximate surface area is 270 Å². The number of carboxylic acid groups (broad SMARTS) is 1. The van der Waals surface area contributed by atoms with Gasteiger partial charge in [0.15, 0.2) is 9.84 Å². The van der Waals surface area contributed by atoms with Crippen LogP contribution in [0, 0.1) is 6.92 Å². The molecule has 0 aliphatic heterocycles. The molecular formula is C32H27F6N3O6S. The lowest BCUT2D eigenvalue weighted by atomic mass is 10.1. The second-order valence-corrected chi connectivity index (χ2v) is 12.1. The first kappa shape index (κ1) is 37.2. The second kappa shape index (κ2) is 15.6. The quantitative estimate of drug-likeness (QED) is 0.170. The third kappa shape index (κ3) is 10.4. The number of carbonyl (C=O) groups excluding carboxylic acids is 1. The summed E-state index contributed by atoms with van der Waals surface area (Å²) < 4.78 is 97.7. The molecule has 0 atom stereocenters. The van der Waals surface area contributed by atoms with E-state index in [4.69, 9.17) is 9.90 Å². The van der Waals surface area contributed by atoms with Gasteiger partial charge in [-0.1, -0.05) is 30.4 Å². The van der Waals surface area contributed by atoms with Gasteiger partial charge >= 0.3 is 18.3 Å². The van der Waals surface area contributed by atoms with Crippen molar-refractivity contribution in [2.45, 2.75) is 37.1 Å². The van der Waals surface area contributed by atoms with Gasteiger partial charge in [-0.15, -0.1) is 0 Å². The highest BCUT2D eigenvalue weighted by Gasteiger charge is 2.38.